The zero-order chi connectivity index (χ0) is 11.9. The van der Waals surface area contributed by atoms with E-state index in [9.17, 15) is 0 Å². The fourth-order valence-corrected chi connectivity index (χ4v) is 1.74. The summed E-state index contributed by atoms with van der Waals surface area (Å²) in [5.74, 6) is 2.02. The van der Waals surface area contributed by atoms with Crippen molar-refractivity contribution in [2.45, 2.75) is 25.7 Å². The molecule has 3 nitrogen and oxygen atoms in total. The van der Waals surface area contributed by atoms with Crippen LogP contribution in [0.3, 0.4) is 0 Å². The average molecular weight is 251 g/mol. The normalized spacial score (nSPS) is 10.6. The van der Waals surface area contributed by atoms with Crippen LogP contribution in [0.25, 0.3) is 0 Å². The molecule has 2 rings (SSSR count). The first-order chi connectivity index (χ1) is 8.38. The van der Waals surface area contributed by atoms with Gasteiger partial charge in [0.1, 0.15) is 0 Å². The Kier molecular flexibility index (Phi) is 4.56. The lowest BCUT2D eigenvalue weighted by Gasteiger charge is -1.96. The van der Waals surface area contributed by atoms with E-state index in [0.717, 1.165) is 25.7 Å². The van der Waals surface area contributed by atoms with E-state index in [2.05, 4.69) is 22.3 Å². The molecule has 0 saturated heterocycles. The van der Waals surface area contributed by atoms with Crippen molar-refractivity contribution in [1.82, 2.24) is 10.2 Å². The molecule has 0 aliphatic rings. The maximum absolute atomic E-state index is 5.61. The van der Waals surface area contributed by atoms with Gasteiger partial charge in [-0.1, -0.05) is 30.3 Å². The number of rotatable bonds is 6. The van der Waals surface area contributed by atoms with Crippen LogP contribution < -0.4 is 0 Å². The molecule has 0 unspecified atom stereocenters. The topological polar surface area (TPSA) is 38.9 Å². The number of hydrogen-bond donors (Lipinski definition) is 0. The van der Waals surface area contributed by atoms with Gasteiger partial charge >= 0.3 is 0 Å². The highest BCUT2D eigenvalue weighted by atomic mass is 35.5. The van der Waals surface area contributed by atoms with Crippen molar-refractivity contribution in [3.05, 3.63) is 47.7 Å². The van der Waals surface area contributed by atoms with Crippen LogP contribution >= 0.6 is 11.6 Å². The standard InChI is InChI=1S/C13H15ClN2O/c14-10-4-7-12-15-16-13(17-12)9-8-11-5-2-1-3-6-11/h1-3,5-6H,4,7-10H2. The van der Waals surface area contributed by atoms with Gasteiger partial charge in [0.05, 0.1) is 0 Å². The van der Waals surface area contributed by atoms with E-state index in [-0.39, 0.29) is 0 Å². The third-order valence-electron chi connectivity index (χ3n) is 2.50. The summed E-state index contributed by atoms with van der Waals surface area (Å²) < 4.78 is 5.53. The van der Waals surface area contributed by atoms with Gasteiger partial charge in [0, 0.05) is 18.7 Å². The number of benzene rings is 1. The first-order valence-electron chi connectivity index (χ1n) is 5.79. The Hall–Kier alpha value is -1.35. The van der Waals surface area contributed by atoms with Crippen LogP contribution in [0.15, 0.2) is 34.7 Å². The van der Waals surface area contributed by atoms with Crippen LogP contribution in [-0.4, -0.2) is 16.1 Å². The van der Waals surface area contributed by atoms with Crippen molar-refractivity contribution in [2.75, 3.05) is 5.88 Å². The van der Waals surface area contributed by atoms with Crippen molar-refractivity contribution < 1.29 is 4.42 Å². The summed E-state index contributed by atoms with van der Waals surface area (Å²) in [6.07, 6.45) is 3.36. The summed E-state index contributed by atoms with van der Waals surface area (Å²) in [6.45, 7) is 0. The van der Waals surface area contributed by atoms with Crippen molar-refractivity contribution in [3.8, 4) is 0 Å². The zero-order valence-electron chi connectivity index (χ0n) is 9.60. The third-order valence-corrected chi connectivity index (χ3v) is 2.77. The molecule has 0 fully saturated rings. The molecule has 0 bridgehead atoms. The predicted molar refractivity (Wildman–Crippen MR) is 67.2 cm³/mol. The molecule has 1 aromatic heterocycles. The molecule has 4 heteroatoms. The highest BCUT2D eigenvalue weighted by molar-refractivity contribution is 6.17. The van der Waals surface area contributed by atoms with E-state index < -0.39 is 0 Å². The Bertz CT molecular complexity index is 442. The number of aryl methyl sites for hydroxylation is 3. The third kappa shape index (κ3) is 3.86. The van der Waals surface area contributed by atoms with Gasteiger partial charge in [-0.15, -0.1) is 21.8 Å². The van der Waals surface area contributed by atoms with Crippen LogP contribution in [-0.2, 0) is 19.3 Å². The molecule has 0 aliphatic carbocycles. The van der Waals surface area contributed by atoms with Crippen LogP contribution in [0.1, 0.15) is 23.8 Å². The van der Waals surface area contributed by atoms with Gasteiger partial charge in [-0.05, 0) is 18.4 Å². The Balaban J connectivity index is 1.85. The maximum Gasteiger partial charge on any atom is 0.216 e. The molecule has 17 heavy (non-hydrogen) atoms. The second-order valence-corrected chi connectivity index (χ2v) is 4.25. The lowest BCUT2D eigenvalue weighted by atomic mass is 10.1. The Labute approximate surface area is 106 Å². The lowest BCUT2D eigenvalue weighted by molar-refractivity contribution is 0.447. The van der Waals surface area contributed by atoms with E-state index in [0.29, 0.717) is 17.7 Å². The number of halogens is 1. The number of alkyl halides is 1. The van der Waals surface area contributed by atoms with E-state index in [1.165, 1.54) is 5.56 Å². The molecule has 0 atom stereocenters. The van der Waals surface area contributed by atoms with Crippen LogP contribution in [0.2, 0.25) is 0 Å². The molecule has 0 spiro atoms. The zero-order valence-corrected chi connectivity index (χ0v) is 10.4. The minimum absolute atomic E-state index is 0.627. The number of aromatic nitrogens is 2. The molecule has 1 heterocycles. The SMILES string of the molecule is ClCCCc1nnc(CCc2ccccc2)o1. The second kappa shape index (κ2) is 6.40. The monoisotopic (exact) mass is 250 g/mol. The molecule has 0 amide bonds. The summed E-state index contributed by atoms with van der Waals surface area (Å²) in [4.78, 5) is 0. The van der Waals surface area contributed by atoms with E-state index in [1.54, 1.807) is 0 Å². The smallest absolute Gasteiger partial charge is 0.216 e. The Morgan fingerprint density at radius 3 is 2.35 bits per heavy atom. The fourth-order valence-electron chi connectivity index (χ4n) is 1.60. The summed E-state index contributed by atoms with van der Waals surface area (Å²) >= 11 is 5.61. The van der Waals surface area contributed by atoms with E-state index >= 15 is 0 Å². The molecule has 2 aromatic rings. The molecule has 0 radical (unpaired) electrons. The highest BCUT2D eigenvalue weighted by Gasteiger charge is 2.05. The lowest BCUT2D eigenvalue weighted by Crippen LogP contribution is -1.90. The maximum atomic E-state index is 5.61. The molecule has 0 saturated carbocycles. The summed E-state index contributed by atoms with van der Waals surface area (Å²) in [6, 6.07) is 10.3. The highest BCUT2D eigenvalue weighted by Crippen LogP contribution is 2.08. The average Bonchev–Trinajstić information content (AvgIpc) is 2.83. The van der Waals surface area contributed by atoms with Crippen molar-refractivity contribution in [1.29, 1.82) is 0 Å². The van der Waals surface area contributed by atoms with Gasteiger partial charge in [0.15, 0.2) is 0 Å². The molecular formula is C13H15ClN2O. The van der Waals surface area contributed by atoms with Crippen LogP contribution in [0, 0.1) is 0 Å². The first-order valence-corrected chi connectivity index (χ1v) is 6.33. The first kappa shape index (κ1) is 12.1. The van der Waals surface area contributed by atoms with Gasteiger partial charge in [-0.25, -0.2) is 0 Å². The Morgan fingerprint density at radius 2 is 1.65 bits per heavy atom. The minimum Gasteiger partial charge on any atom is -0.425 e. The summed E-state index contributed by atoms with van der Waals surface area (Å²) in [5, 5.41) is 8.02. The van der Waals surface area contributed by atoms with Gasteiger partial charge < -0.3 is 4.42 Å². The molecule has 0 N–H and O–H groups in total. The molecular weight excluding hydrogens is 236 g/mol. The van der Waals surface area contributed by atoms with Crippen molar-refractivity contribution in [2.24, 2.45) is 0 Å². The van der Waals surface area contributed by atoms with Crippen LogP contribution in [0.4, 0.5) is 0 Å². The van der Waals surface area contributed by atoms with Crippen molar-refractivity contribution in [3.63, 3.8) is 0 Å². The summed E-state index contributed by atoms with van der Waals surface area (Å²) in [5.41, 5.74) is 1.29. The Morgan fingerprint density at radius 1 is 0.941 bits per heavy atom. The van der Waals surface area contributed by atoms with Gasteiger partial charge in [0.2, 0.25) is 11.8 Å². The van der Waals surface area contributed by atoms with Gasteiger partial charge in [-0.3, -0.25) is 0 Å². The number of hydrogen-bond acceptors (Lipinski definition) is 3. The van der Waals surface area contributed by atoms with Crippen molar-refractivity contribution >= 4 is 11.6 Å². The molecule has 90 valence electrons. The number of nitrogens with zero attached hydrogens (tertiary/aromatic N) is 2. The van der Waals surface area contributed by atoms with E-state index in [4.69, 9.17) is 16.0 Å². The van der Waals surface area contributed by atoms with Crippen LogP contribution in [0.5, 0.6) is 0 Å². The predicted octanol–water partition coefficient (Wildman–Crippen LogP) is 3.03. The second-order valence-electron chi connectivity index (χ2n) is 3.87. The largest absolute Gasteiger partial charge is 0.425 e. The molecule has 0 aliphatic heterocycles. The summed E-state index contributed by atoms with van der Waals surface area (Å²) in [7, 11) is 0. The van der Waals surface area contributed by atoms with Gasteiger partial charge in [-0.2, -0.15) is 0 Å². The van der Waals surface area contributed by atoms with E-state index in [1.807, 2.05) is 18.2 Å². The minimum atomic E-state index is 0.627. The quantitative estimate of drug-likeness (QED) is 0.740. The van der Waals surface area contributed by atoms with Gasteiger partial charge in [0.25, 0.3) is 0 Å². The fraction of sp³-hybridized carbons (Fsp3) is 0.385. The molecule has 1 aromatic carbocycles.